The van der Waals surface area contributed by atoms with Crippen LogP contribution in [0.5, 0.6) is 11.5 Å². The Balaban J connectivity index is 2.36. The number of terminal acetylenes is 1. The van der Waals surface area contributed by atoms with Crippen molar-refractivity contribution in [1.82, 2.24) is 0 Å². The van der Waals surface area contributed by atoms with Crippen molar-refractivity contribution in [3.05, 3.63) is 33.7 Å². The minimum atomic E-state index is -0.789. The number of hydrogen-bond donors (Lipinski definition) is 1. The Kier molecular flexibility index (Phi) is 4.73. The summed E-state index contributed by atoms with van der Waals surface area (Å²) in [6.45, 7) is 5.92. The number of rotatable bonds is 4. The molecule has 0 bridgehead atoms. The summed E-state index contributed by atoms with van der Waals surface area (Å²) in [6, 6.07) is 3.21. The van der Waals surface area contributed by atoms with Gasteiger partial charge in [0, 0.05) is 18.1 Å². The molecule has 5 heteroatoms. The smallest absolute Gasteiger partial charge is 0.336 e. The maximum absolute atomic E-state index is 12.1. The summed E-state index contributed by atoms with van der Waals surface area (Å²) >= 11 is 0. The first-order chi connectivity index (χ1) is 12.0. The molecule has 1 unspecified atom stereocenters. The molecule has 0 fully saturated rings. The first kappa shape index (κ1) is 17.4. The normalized spacial score (nSPS) is 22.1. The Hall–Kier alpha value is -2.45. The van der Waals surface area contributed by atoms with Gasteiger partial charge in [-0.25, -0.2) is 4.79 Å². The van der Waals surface area contributed by atoms with Crippen molar-refractivity contribution in [3.8, 4) is 23.8 Å². The Morgan fingerprint density at radius 1 is 1.36 bits per heavy atom. The average molecular weight is 342 g/mol. The molecule has 2 heterocycles. The zero-order chi connectivity index (χ0) is 18.1. The molecule has 0 radical (unpaired) electrons. The zero-order valence-electron chi connectivity index (χ0n) is 14.7. The average Bonchev–Trinajstić information content (AvgIpc) is 2.57. The molecule has 0 aliphatic carbocycles. The number of fused-ring (bicyclic) bond motifs is 3. The van der Waals surface area contributed by atoms with Crippen LogP contribution in [0.25, 0.3) is 11.0 Å². The van der Waals surface area contributed by atoms with Crippen molar-refractivity contribution < 1.29 is 19.0 Å². The van der Waals surface area contributed by atoms with Gasteiger partial charge < -0.3 is 19.0 Å². The third-order valence-corrected chi connectivity index (χ3v) is 4.74. The maximum atomic E-state index is 12.1. The molecule has 0 saturated heterocycles. The molecule has 3 atom stereocenters. The van der Waals surface area contributed by atoms with E-state index in [-0.39, 0.29) is 18.6 Å². The van der Waals surface area contributed by atoms with Crippen LogP contribution in [0.2, 0.25) is 0 Å². The molecule has 5 nitrogen and oxygen atoms in total. The highest BCUT2D eigenvalue weighted by atomic mass is 16.5. The van der Waals surface area contributed by atoms with Crippen LogP contribution in [0.1, 0.15) is 44.4 Å². The summed E-state index contributed by atoms with van der Waals surface area (Å²) in [7, 11) is 0. The number of ether oxygens (including phenoxy) is 2. The van der Waals surface area contributed by atoms with Crippen LogP contribution < -0.4 is 15.1 Å². The lowest BCUT2D eigenvalue weighted by molar-refractivity contribution is 0.0178. The number of aryl methyl sites for hydroxylation is 1. The van der Waals surface area contributed by atoms with E-state index in [4.69, 9.17) is 20.3 Å². The monoisotopic (exact) mass is 342 g/mol. The second kappa shape index (κ2) is 6.81. The number of hydrogen-bond acceptors (Lipinski definition) is 5. The topological polar surface area (TPSA) is 68.9 Å². The Labute approximate surface area is 146 Å². The van der Waals surface area contributed by atoms with E-state index in [1.807, 2.05) is 20.8 Å². The number of benzene rings is 1. The fourth-order valence-corrected chi connectivity index (χ4v) is 3.29. The van der Waals surface area contributed by atoms with Gasteiger partial charge in [0.1, 0.15) is 24.2 Å². The molecule has 0 amide bonds. The van der Waals surface area contributed by atoms with Crippen molar-refractivity contribution >= 4 is 11.0 Å². The molecule has 0 saturated carbocycles. The number of aliphatic hydroxyl groups excluding tert-OH is 1. The van der Waals surface area contributed by atoms with Crippen LogP contribution in [0.4, 0.5) is 0 Å². The summed E-state index contributed by atoms with van der Waals surface area (Å²) in [4.78, 5) is 12.1. The third kappa shape index (κ3) is 2.98. The Morgan fingerprint density at radius 2 is 2.12 bits per heavy atom. The van der Waals surface area contributed by atoms with Crippen molar-refractivity contribution in [3.63, 3.8) is 0 Å². The van der Waals surface area contributed by atoms with E-state index in [0.717, 1.165) is 12.0 Å². The van der Waals surface area contributed by atoms with Crippen LogP contribution >= 0.6 is 0 Å². The van der Waals surface area contributed by atoms with E-state index >= 15 is 0 Å². The highest BCUT2D eigenvalue weighted by Gasteiger charge is 2.35. The second-order valence-corrected chi connectivity index (χ2v) is 6.45. The molecular formula is C20H22O5. The second-order valence-electron chi connectivity index (χ2n) is 6.45. The maximum Gasteiger partial charge on any atom is 0.336 e. The van der Waals surface area contributed by atoms with Crippen molar-refractivity contribution in [2.75, 3.05) is 6.61 Å². The van der Waals surface area contributed by atoms with Crippen molar-refractivity contribution in [2.45, 2.75) is 45.8 Å². The van der Waals surface area contributed by atoms with E-state index in [1.54, 1.807) is 6.07 Å². The van der Waals surface area contributed by atoms with Gasteiger partial charge >= 0.3 is 5.63 Å². The highest BCUT2D eigenvalue weighted by molar-refractivity contribution is 5.91. The van der Waals surface area contributed by atoms with Gasteiger partial charge in [-0.1, -0.05) is 26.2 Å². The fraction of sp³-hybridized carbons (Fsp3) is 0.450. The molecule has 1 aromatic heterocycles. The van der Waals surface area contributed by atoms with Gasteiger partial charge in [-0.15, -0.1) is 6.42 Å². The van der Waals surface area contributed by atoms with Crippen molar-refractivity contribution in [2.24, 2.45) is 5.92 Å². The van der Waals surface area contributed by atoms with E-state index in [1.165, 1.54) is 6.07 Å². The van der Waals surface area contributed by atoms with Gasteiger partial charge in [-0.2, -0.15) is 0 Å². The highest BCUT2D eigenvalue weighted by Crippen LogP contribution is 2.46. The molecule has 0 spiro atoms. The lowest BCUT2D eigenvalue weighted by atomic mass is 9.88. The standard InChI is InChI=1S/C20H22O5/c1-5-7-13-9-16(21)25-20-17(13)14(23-8-6-2)10-15-18(20)19(22)11(3)12(4)24-15/h2,9-12,19,22H,5,7-8H2,1,3-4H3/t11-,12-,19?/m1/s1. The van der Waals surface area contributed by atoms with Gasteiger partial charge in [0.2, 0.25) is 0 Å². The summed E-state index contributed by atoms with van der Waals surface area (Å²) in [5.74, 6) is 3.29. The van der Waals surface area contributed by atoms with Crippen LogP contribution in [0.15, 0.2) is 21.3 Å². The predicted molar refractivity (Wildman–Crippen MR) is 95.0 cm³/mol. The van der Waals surface area contributed by atoms with E-state index in [2.05, 4.69) is 5.92 Å². The van der Waals surface area contributed by atoms with Gasteiger partial charge in [0.05, 0.1) is 17.1 Å². The Morgan fingerprint density at radius 3 is 2.80 bits per heavy atom. The minimum absolute atomic E-state index is 0.0904. The van der Waals surface area contributed by atoms with E-state index < -0.39 is 11.7 Å². The van der Waals surface area contributed by atoms with Crippen LogP contribution in [0, 0.1) is 18.3 Å². The lowest BCUT2D eigenvalue weighted by Crippen LogP contribution is -2.32. The van der Waals surface area contributed by atoms with Crippen LogP contribution in [0.3, 0.4) is 0 Å². The Bertz CT molecular complexity index is 890. The SMILES string of the molecule is C#CCOc1cc2c(c3oc(=O)cc(CCC)c13)C(O)[C@H](C)[C@@H](C)O2. The number of aliphatic hydroxyl groups is 1. The summed E-state index contributed by atoms with van der Waals surface area (Å²) in [5, 5.41) is 11.4. The van der Waals surface area contributed by atoms with Crippen LogP contribution in [-0.2, 0) is 6.42 Å². The molecule has 1 aromatic carbocycles. The lowest BCUT2D eigenvalue weighted by Gasteiger charge is -2.34. The fourth-order valence-electron chi connectivity index (χ4n) is 3.29. The molecular weight excluding hydrogens is 320 g/mol. The van der Waals surface area contributed by atoms with Gasteiger partial charge in [-0.3, -0.25) is 0 Å². The summed E-state index contributed by atoms with van der Waals surface area (Å²) in [6.07, 6.45) is 5.91. The van der Waals surface area contributed by atoms with E-state index in [9.17, 15) is 9.90 Å². The quantitative estimate of drug-likeness (QED) is 0.682. The van der Waals surface area contributed by atoms with Gasteiger partial charge in [-0.05, 0) is 18.9 Å². The zero-order valence-corrected chi connectivity index (χ0v) is 14.7. The first-order valence-corrected chi connectivity index (χ1v) is 8.52. The third-order valence-electron chi connectivity index (χ3n) is 4.74. The van der Waals surface area contributed by atoms with Gasteiger partial charge in [0.15, 0.2) is 5.58 Å². The predicted octanol–water partition coefficient (Wildman–Crippen LogP) is 3.21. The largest absolute Gasteiger partial charge is 0.490 e. The van der Waals surface area contributed by atoms with E-state index in [0.29, 0.717) is 34.5 Å². The minimum Gasteiger partial charge on any atom is -0.490 e. The van der Waals surface area contributed by atoms with Crippen molar-refractivity contribution in [1.29, 1.82) is 0 Å². The first-order valence-electron chi connectivity index (χ1n) is 8.52. The summed E-state index contributed by atoms with van der Waals surface area (Å²) in [5.41, 5.74) is 1.20. The molecule has 2 aromatic rings. The molecule has 132 valence electrons. The molecule has 25 heavy (non-hydrogen) atoms. The molecule has 3 rings (SSSR count). The molecule has 1 aliphatic rings. The summed E-state index contributed by atoms with van der Waals surface area (Å²) < 4.78 is 17.1. The molecule has 1 aliphatic heterocycles. The van der Waals surface area contributed by atoms with Crippen LogP contribution in [-0.4, -0.2) is 17.8 Å². The molecule has 1 N–H and O–H groups in total. The van der Waals surface area contributed by atoms with Gasteiger partial charge in [0.25, 0.3) is 0 Å².